The van der Waals surface area contributed by atoms with Gasteiger partial charge in [-0.25, -0.2) is 0 Å². The van der Waals surface area contributed by atoms with E-state index in [1.165, 1.54) is 11.0 Å². The Bertz CT molecular complexity index is 193. The Morgan fingerprint density at radius 1 is 1.30 bits per heavy atom. The van der Waals surface area contributed by atoms with Gasteiger partial charge in [-0.2, -0.15) is 0 Å². The molecule has 0 amide bonds. The lowest BCUT2D eigenvalue weighted by Crippen LogP contribution is -2.00. The van der Waals surface area contributed by atoms with Gasteiger partial charge < -0.3 is 4.74 Å². The summed E-state index contributed by atoms with van der Waals surface area (Å²) >= 11 is 0. The fraction of sp³-hybridized carbons (Fsp3) is 0.250. The summed E-state index contributed by atoms with van der Waals surface area (Å²) in [5, 5.41) is 0. The molecule has 0 bridgehead atoms. The predicted octanol–water partition coefficient (Wildman–Crippen LogP) is 0.0914. The summed E-state index contributed by atoms with van der Waals surface area (Å²) in [6.07, 6.45) is 0. The average molecular weight is 134 g/mol. The molecule has 0 spiro atoms. The second kappa shape index (κ2) is 3.42. The second-order valence-corrected chi connectivity index (χ2v) is 2.42. The molecule has 10 heavy (non-hydrogen) atoms. The van der Waals surface area contributed by atoms with Crippen molar-refractivity contribution in [2.45, 2.75) is 6.61 Å². The van der Waals surface area contributed by atoms with Gasteiger partial charge in [-0.1, -0.05) is 29.7 Å². The molecule has 1 rings (SSSR count). The van der Waals surface area contributed by atoms with E-state index in [4.69, 9.17) is 4.74 Å². The van der Waals surface area contributed by atoms with Crippen molar-refractivity contribution >= 4 is 13.3 Å². The number of methoxy groups -OCH3 is 1. The number of rotatable bonds is 2. The third kappa shape index (κ3) is 1.88. The van der Waals surface area contributed by atoms with Gasteiger partial charge in [0.1, 0.15) is 7.85 Å². The summed E-state index contributed by atoms with van der Waals surface area (Å²) < 4.78 is 4.97. The third-order valence-corrected chi connectivity index (χ3v) is 1.43. The van der Waals surface area contributed by atoms with Crippen LogP contribution in [-0.2, 0) is 11.3 Å². The lowest BCUT2D eigenvalue weighted by Gasteiger charge is -1.98. The molecule has 0 aliphatic carbocycles. The summed E-state index contributed by atoms with van der Waals surface area (Å²) in [4.78, 5) is 0. The minimum absolute atomic E-state index is 0.709. The van der Waals surface area contributed by atoms with Gasteiger partial charge in [-0.15, -0.1) is 0 Å². The van der Waals surface area contributed by atoms with Crippen LogP contribution in [0.5, 0.6) is 0 Å². The normalized spacial score (nSPS) is 9.70. The zero-order valence-electron chi connectivity index (χ0n) is 6.42. The zero-order chi connectivity index (χ0) is 7.40. The van der Waals surface area contributed by atoms with Gasteiger partial charge in [0.25, 0.3) is 0 Å². The van der Waals surface area contributed by atoms with Gasteiger partial charge in [-0.3, -0.25) is 0 Å². The van der Waals surface area contributed by atoms with E-state index in [2.05, 4.69) is 32.1 Å². The second-order valence-electron chi connectivity index (χ2n) is 2.42. The molecule has 0 aromatic heterocycles. The molecule has 2 heteroatoms. The Morgan fingerprint density at radius 2 is 1.90 bits per heavy atom. The van der Waals surface area contributed by atoms with Crippen LogP contribution < -0.4 is 5.46 Å². The van der Waals surface area contributed by atoms with Crippen molar-refractivity contribution in [3.63, 3.8) is 0 Å². The molecule has 1 aromatic carbocycles. The van der Waals surface area contributed by atoms with E-state index in [9.17, 15) is 0 Å². The maximum absolute atomic E-state index is 4.97. The molecule has 1 nitrogen and oxygen atoms in total. The lowest BCUT2D eigenvalue weighted by atomic mass is 9.95. The van der Waals surface area contributed by atoms with Crippen LogP contribution in [0.1, 0.15) is 5.56 Å². The number of hydrogen-bond acceptors (Lipinski definition) is 1. The van der Waals surface area contributed by atoms with Crippen molar-refractivity contribution in [2.24, 2.45) is 0 Å². The minimum atomic E-state index is 0.709. The quantitative estimate of drug-likeness (QED) is 0.521. The summed E-state index contributed by atoms with van der Waals surface area (Å²) in [6.45, 7) is 0.709. The van der Waals surface area contributed by atoms with E-state index in [0.717, 1.165) is 0 Å². The fourth-order valence-corrected chi connectivity index (χ4v) is 0.851. The van der Waals surface area contributed by atoms with Crippen molar-refractivity contribution in [1.29, 1.82) is 0 Å². The fourth-order valence-electron chi connectivity index (χ4n) is 0.851. The molecule has 52 valence electrons. The minimum Gasteiger partial charge on any atom is -0.380 e. The highest BCUT2D eigenvalue weighted by molar-refractivity contribution is 6.32. The van der Waals surface area contributed by atoms with Crippen molar-refractivity contribution in [2.75, 3.05) is 7.11 Å². The van der Waals surface area contributed by atoms with Crippen LogP contribution in [0.2, 0.25) is 0 Å². The Kier molecular flexibility index (Phi) is 2.52. The average Bonchev–Trinajstić information content (AvgIpc) is 1.95. The van der Waals surface area contributed by atoms with Crippen molar-refractivity contribution in [3.8, 4) is 0 Å². The molecule has 0 saturated heterocycles. The molecule has 0 N–H and O–H groups in total. The summed E-state index contributed by atoms with van der Waals surface area (Å²) in [6, 6.07) is 8.35. The van der Waals surface area contributed by atoms with Gasteiger partial charge in [0.15, 0.2) is 0 Å². The predicted molar refractivity (Wildman–Crippen MR) is 45.3 cm³/mol. The highest BCUT2D eigenvalue weighted by Crippen LogP contribution is 1.96. The Hall–Kier alpha value is -0.755. The SMILES string of the molecule is Bc1ccc(COC)cc1. The largest absolute Gasteiger partial charge is 0.380 e. The van der Waals surface area contributed by atoms with Crippen LogP contribution in [0.25, 0.3) is 0 Å². The van der Waals surface area contributed by atoms with Gasteiger partial charge in [0.05, 0.1) is 6.61 Å². The van der Waals surface area contributed by atoms with Gasteiger partial charge in [0.2, 0.25) is 0 Å². The first-order valence-electron chi connectivity index (χ1n) is 3.37. The highest BCUT2D eigenvalue weighted by Gasteiger charge is 1.88. The smallest absolute Gasteiger partial charge is 0.139 e. The molecule has 0 heterocycles. The maximum Gasteiger partial charge on any atom is 0.139 e. The molecule has 0 atom stereocenters. The maximum atomic E-state index is 4.97. The first kappa shape index (κ1) is 7.35. The number of benzene rings is 1. The monoisotopic (exact) mass is 134 g/mol. The van der Waals surface area contributed by atoms with Crippen LogP contribution in [0.4, 0.5) is 0 Å². The Morgan fingerprint density at radius 3 is 2.40 bits per heavy atom. The summed E-state index contributed by atoms with van der Waals surface area (Å²) in [5.74, 6) is 0. The van der Waals surface area contributed by atoms with Crippen LogP contribution in [-0.4, -0.2) is 15.0 Å². The molecule has 0 unspecified atom stereocenters. The topological polar surface area (TPSA) is 9.23 Å². The standard InChI is InChI=1S/C8H11BO/c1-10-6-7-2-4-8(9)5-3-7/h2-5H,6,9H2,1H3. The van der Waals surface area contributed by atoms with Crippen molar-refractivity contribution in [3.05, 3.63) is 29.8 Å². The van der Waals surface area contributed by atoms with E-state index in [-0.39, 0.29) is 0 Å². The first-order valence-corrected chi connectivity index (χ1v) is 3.37. The lowest BCUT2D eigenvalue weighted by molar-refractivity contribution is 0.185. The number of ether oxygens (including phenoxy) is 1. The highest BCUT2D eigenvalue weighted by atomic mass is 16.5. The Balaban J connectivity index is 2.69. The summed E-state index contributed by atoms with van der Waals surface area (Å²) in [5.41, 5.74) is 2.52. The first-order chi connectivity index (χ1) is 4.83. The van der Waals surface area contributed by atoms with E-state index in [1.54, 1.807) is 7.11 Å². The van der Waals surface area contributed by atoms with E-state index in [1.807, 2.05) is 0 Å². The van der Waals surface area contributed by atoms with Crippen LogP contribution in [0.15, 0.2) is 24.3 Å². The van der Waals surface area contributed by atoms with E-state index in [0.29, 0.717) is 6.61 Å². The van der Waals surface area contributed by atoms with Crippen LogP contribution >= 0.6 is 0 Å². The molecule has 0 fully saturated rings. The number of hydrogen-bond donors (Lipinski definition) is 0. The van der Waals surface area contributed by atoms with Gasteiger partial charge in [-0.05, 0) is 5.56 Å². The van der Waals surface area contributed by atoms with E-state index >= 15 is 0 Å². The summed E-state index contributed by atoms with van der Waals surface area (Å²) in [7, 11) is 3.79. The molecule has 0 radical (unpaired) electrons. The molecular weight excluding hydrogens is 123 g/mol. The van der Waals surface area contributed by atoms with E-state index < -0.39 is 0 Å². The van der Waals surface area contributed by atoms with Crippen LogP contribution in [0.3, 0.4) is 0 Å². The van der Waals surface area contributed by atoms with Gasteiger partial charge in [0, 0.05) is 7.11 Å². The third-order valence-electron chi connectivity index (χ3n) is 1.43. The molecule has 0 saturated carbocycles. The molecular formula is C8H11BO. The molecule has 0 aliphatic heterocycles. The van der Waals surface area contributed by atoms with Gasteiger partial charge >= 0.3 is 0 Å². The van der Waals surface area contributed by atoms with Crippen LogP contribution in [0, 0.1) is 0 Å². The zero-order valence-corrected chi connectivity index (χ0v) is 6.42. The molecule has 0 aliphatic rings. The Labute approximate surface area is 62.4 Å². The van der Waals surface area contributed by atoms with Crippen molar-refractivity contribution in [1.82, 2.24) is 0 Å². The molecule has 1 aromatic rings. The van der Waals surface area contributed by atoms with Crippen molar-refractivity contribution < 1.29 is 4.74 Å².